The maximum Gasteiger partial charge on any atom is 0.229 e. The lowest BCUT2D eigenvalue weighted by atomic mass is 10.1. The molecule has 0 spiro atoms. The SMILES string of the molecule is CN(C)CCN1CC(C(=O)Nc2cc(Cl)cc3c2[nH]c2cnccc23)CC1=O. The molecule has 1 unspecified atom stereocenters. The summed E-state index contributed by atoms with van der Waals surface area (Å²) in [5.41, 5.74) is 2.29. The molecule has 0 aliphatic carbocycles. The van der Waals surface area contributed by atoms with Crippen LogP contribution in [0.3, 0.4) is 0 Å². The Morgan fingerprint density at radius 1 is 1.39 bits per heavy atom. The summed E-state index contributed by atoms with van der Waals surface area (Å²) in [6, 6.07) is 5.51. The van der Waals surface area contributed by atoms with Crippen molar-refractivity contribution in [1.29, 1.82) is 0 Å². The van der Waals surface area contributed by atoms with Gasteiger partial charge < -0.3 is 20.1 Å². The number of benzene rings is 1. The second-order valence-electron chi connectivity index (χ2n) is 7.46. The Bertz CT molecular complexity index is 1060. The number of rotatable bonds is 5. The van der Waals surface area contributed by atoms with E-state index in [1.54, 1.807) is 23.4 Å². The quantitative estimate of drug-likeness (QED) is 0.691. The van der Waals surface area contributed by atoms with E-state index in [1.807, 2.05) is 31.1 Å². The molecule has 1 aliphatic heterocycles. The molecule has 4 rings (SSSR count). The maximum atomic E-state index is 12.8. The van der Waals surface area contributed by atoms with Gasteiger partial charge in [0.1, 0.15) is 0 Å². The summed E-state index contributed by atoms with van der Waals surface area (Å²) in [4.78, 5) is 36.3. The predicted molar refractivity (Wildman–Crippen MR) is 110 cm³/mol. The van der Waals surface area contributed by atoms with Gasteiger partial charge in [-0.2, -0.15) is 0 Å². The standard InChI is InChI=1S/C20H22ClN5O2/c1-25(2)5-6-26-11-12(7-18(26)27)20(28)24-16-9-13(21)8-15-14-3-4-22-10-17(14)23-19(15)16/h3-4,8-10,12,23H,5-7,11H2,1-2H3,(H,24,28). The van der Waals surface area contributed by atoms with Gasteiger partial charge in [0, 0.05) is 48.0 Å². The molecule has 1 fully saturated rings. The highest BCUT2D eigenvalue weighted by atomic mass is 35.5. The van der Waals surface area contributed by atoms with Crippen LogP contribution in [0.4, 0.5) is 5.69 Å². The average molecular weight is 400 g/mol. The van der Waals surface area contributed by atoms with Crippen LogP contribution in [-0.4, -0.2) is 65.3 Å². The number of hydrogen-bond donors (Lipinski definition) is 2. The zero-order valence-corrected chi connectivity index (χ0v) is 16.6. The lowest BCUT2D eigenvalue weighted by Gasteiger charge is -2.19. The highest BCUT2D eigenvalue weighted by molar-refractivity contribution is 6.32. The predicted octanol–water partition coefficient (Wildman–Crippen LogP) is 2.72. The number of hydrogen-bond acceptors (Lipinski definition) is 4. The van der Waals surface area contributed by atoms with Crippen LogP contribution in [0.2, 0.25) is 5.02 Å². The van der Waals surface area contributed by atoms with Gasteiger partial charge in [0.05, 0.1) is 28.8 Å². The molecule has 3 heterocycles. The first-order chi connectivity index (χ1) is 13.4. The van der Waals surface area contributed by atoms with Gasteiger partial charge in [-0.25, -0.2) is 0 Å². The number of pyridine rings is 1. The summed E-state index contributed by atoms with van der Waals surface area (Å²) >= 11 is 6.29. The minimum absolute atomic E-state index is 0.0231. The molecule has 1 saturated heterocycles. The molecular weight excluding hydrogens is 378 g/mol. The second kappa shape index (κ2) is 7.41. The second-order valence-corrected chi connectivity index (χ2v) is 7.89. The number of amides is 2. The number of likely N-dealkylation sites (tertiary alicyclic amines) is 1. The van der Waals surface area contributed by atoms with Crippen molar-refractivity contribution in [1.82, 2.24) is 19.8 Å². The highest BCUT2D eigenvalue weighted by Crippen LogP contribution is 2.33. The van der Waals surface area contributed by atoms with Crippen molar-refractivity contribution in [3.63, 3.8) is 0 Å². The first-order valence-corrected chi connectivity index (χ1v) is 9.58. The van der Waals surface area contributed by atoms with Gasteiger partial charge >= 0.3 is 0 Å². The molecule has 2 aromatic heterocycles. The van der Waals surface area contributed by atoms with Crippen molar-refractivity contribution in [2.45, 2.75) is 6.42 Å². The Hall–Kier alpha value is -2.64. The van der Waals surface area contributed by atoms with Crippen molar-refractivity contribution >= 4 is 50.9 Å². The Morgan fingerprint density at radius 2 is 2.21 bits per heavy atom. The minimum Gasteiger partial charge on any atom is -0.352 e. The summed E-state index contributed by atoms with van der Waals surface area (Å²) in [6.07, 6.45) is 3.70. The topological polar surface area (TPSA) is 81.3 Å². The number of nitrogens with zero attached hydrogens (tertiary/aromatic N) is 3. The van der Waals surface area contributed by atoms with Crippen LogP contribution < -0.4 is 5.32 Å². The van der Waals surface area contributed by atoms with E-state index in [0.717, 1.165) is 28.4 Å². The Balaban J connectivity index is 1.57. The van der Waals surface area contributed by atoms with Gasteiger partial charge in [-0.3, -0.25) is 14.6 Å². The number of likely N-dealkylation sites (N-methyl/N-ethyl adjacent to an activating group) is 1. The van der Waals surface area contributed by atoms with E-state index < -0.39 is 0 Å². The minimum atomic E-state index is -0.366. The fourth-order valence-corrected chi connectivity index (χ4v) is 3.85. The van der Waals surface area contributed by atoms with E-state index in [1.165, 1.54) is 0 Å². The van der Waals surface area contributed by atoms with Crippen LogP contribution >= 0.6 is 11.6 Å². The summed E-state index contributed by atoms with van der Waals surface area (Å²) in [5.74, 6) is -0.509. The molecule has 1 atom stereocenters. The van der Waals surface area contributed by atoms with Crippen LogP contribution in [0.1, 0.15) is 6.42 Å². The van der Waals surface area contributed by atoms with Gasteiger partial charge in [0.2, 0.25) is 11.8 Å². The molecule has 0 bridgehead atoms. The van der Waals surface area contributed by atoms with Crippen molar-refractivity contribution in [2.75, 3.05) is 39.0 Å². The lowest BCUT2D eigenvalue weighted by Crippen LogP contribution is -2.34. The monoisotopic (exact) mass is 399 g/mol. The lowest BCUT2D eigenvalue weighted by molar-refractivity contribution is -0.128. The highest BCUT2D eigenvalue weighted by Gasteiger charge is 2.34. The zero-order valence-electron chi connectivity index (χ0n) is 15.8. The maximum absolute atomic E-state index is 12.8. The van der Waals surface area contributed by atoms with Crippen LogP contribution in [0.15, 0.2) is 30.6 Å². The van der Waals surface area contributed by atoms with Crippen LogP contribution in [-0.2, 0) is 9.59 Å². The summed E-state index contributed by atoms with van der Waals surface area (Å²) in [5, 5.41) is 5.43. The molecule has 7 nitrogen and oxygen atoms in total. The normalized spacial score (nSPS) is 17.2. The zero-order chi connectivity index (χ0) is 19.8. The van der Waals surface area contributed by atoms with E-state index in [2.05, 4.69) is 15.3 Å². The Morgan fingerprint density at radius 3 is 3.00 bits per heavy atom. The number of aromatic nitrogens is 2. The molecule has 0 saturated carbocycles. The number of aromatic amines is 1. The van der Waals surface area contributed by atoms with Gasteiger partial charge in [0.25, 0.3) is 0 Å². The number of H-pyrrole nitrogens is 1. The third-order valence-corrected chi connectivity index (χ3v) is 5.35. The molecule has 0 radical (unpaired) electrons. The van der Waals surface area contributed by atoms with E-state index in [4.69, 9.17) is 11.6 Å². The molecule has 1 aromatic carbocycles. The van der Waals surface area contributed by atoms with Crippen molar-refractivity contribution < 1.29 is 9.59 Å². The molecule has 2 N–H and O–H groups in total. The van der Waals surface area contributed by atoms with Crippen molar-refractivity contribution in [2.24, 2.45) is 5.92 Å². The number of nitrogens with one attached hydrogen (secondary N) is 2. The van der Waals surface area contributed by atoms with E-state index in [9.17, 15) is 9.59 Å². The van der Waals surface area contributed by atoms with Gasteiger partial charge in [-0.1, -0.05) is 11.6 Å². The van der Waals surface area contributed by atoms with Gasteiger partial charge in [-0.15, -0.1) is 0 Å². The number of carbonyl (C=O) groups is 2. The van der Waals surface area contributed by atoms with Crippen molar-refractivity contribution in [3.8, 4) is 0 Å². The largest absolute Gasteiger partial charge is 0.352 e. The molecule has 3 aromatic rings. The van der Waals surface area contributed by atoms with E-state index >= 15 is 0 Å². The van der Waals surface area contributed by atoms with E-state index in [-0.39, 0.29) is 24.2 Å². The average Bonchev–Trinajstić information content (AvgIpc) is 3.21. The number of fused-ring (bicyclic) bond motifs is 3. The number of carbonyl (C=O) groups excluding carboxylic acids is 2. The number of halogens is 1. The van der Waals surface area contributed by atoms with Crippen LogP contribution in [0.25, 0.3) is 21.8 Å². The molecule has 1 aliphatic rings. The van der Waals surface area contributed by atoms with Gasteiger partial charge in [0.15, 0.2) is 0 Å². The molecule has 28 heavy (non-hydrogen) atoms. The smallest absolute Gasteiger partial charge is 0.229 e. The van der Waals surface area contributed by atoms with Crippen LogP contribution in [0, 0.1) is 5.92 Å². The summed E-state index contributed by atoms with van der Waals surface area (Å²) in [6.45, 7) is 1.85. The molecule has 2 amide bonds. The van der Waals surface area contributed by atoms with Gasteiger partial charge in [-0.05, 0) is 32.3 Å². The fraction of sp³-hybridized carbons (Fsp3) is 0.350. The summed E-state index contributed by atoms with van der Waals surface area (Å²) < 4.78 is 0. The van der Waals surface area contributed by atoms with Crippen LogP contribution in [0.5, 0.6) is 0 Å². The first kappa shape index (κ1) is 18.7. The van der Waals surface area contributed by atoms with Crippen molar-refractivity contribution in [3.05, 3.63) is 35.6 Å². The molecule has 8 heteroatoms. The Labute approximate surface area is 167 Å². The third-order valence-electron chi connectivity index (χ3n) is 5.13. The first-order valence-electron chi connectivity index (χ1n) is 9.20. The van der Waals surface area contributed by atoms with E-state index in [0.29, 0.717) is 23.8 Å². The Kier molecular flexibility index (Phi) is 4.95. The number of anilines is 1. The third kappa shape index (κ3) is 3.55. The fourth-order valence-electron chi connectivity index (χ4n) is 3.64. The molecular formula is C20H22ClN5O2. The summed E-state index contributed by atoms with van der Waals surface area (Å²) in [7, 11) is 3.93. The molecule has 146 valence electrons.